The SMILES string of the molecule is O=C1NC(=Nc2ccc(Cl)c(Cl)c2)S/C1=C\c1ccc(N2CCCC2)c(F)c1. The lowest BCUT2D eigenvalue weighted by molar-refractivity contribution is -0.115. The lowest BCUT2D eigenvalue weighted by atomic mass is 10.1. The van der Waals surface area contributed by atoms with Gasteiger partial charge in [-0.15, -0.1) is 0 Å². The molecule has 0 radical (unpaired) electrons. The highest BCUT2D eigenvalue weighted by Crippen LogP contribution is 2.32. The first kappa shape index (κ1) is 19.3. The van der Waals surface area contributed by atoms with Gasteiger partial charge in [0.05, 0.1) is 26.3 Å². The van der Waals surface area contributed by atoms with Gasteiger partial charge in [-0.25, -0.2) is 9.38 Å². The molecule has 0 unspecified atom stereocenters. The number of amides is 1. The molecule has 0 spiro atoms. The quantitative estimate of drug-likeness (QED) is 0.635. The number of halogens is 3. The molecule has 1 amide bonds. The summed E-state index contributed by atoms with van der Waals surface area (Å²) >= 11 is 13.1. The van der Waals surface area contributed by atoms with Crippen molar-refractivity contribution in [3.05, 3.63) is 62.7 Å². The monoisotopic (exact) mass is 435 g/mol. The van der Waals surface area contributed by atoms with Crippen molar-refractivity contribution in [2.24, 2.45) is 4.99 Å². The third kappa shape index (κ3) is 4.19. The number of hydrogen-bond acceptors (Lipinski definition) is 4. The van der Waals surface area contributed by atoms with Crippen LogP contribution in [0.15, 0.2) is 46.3 Å². The summed E-state index contributed by atoms with van der Waals surface area (Å²) in [5, 5.41) is 3.97. The molecule has 2 aromatic rings. The molecule has 2 aliphatic rings. The van der Waals surface area contributed by atoms with Crippen molar-refractivity contribution < 1.29 is 9.18 Å². The minimum absolute atomic E-state index is 0.271. The summed E-state index contributed by atoms with van der Waals surface area (Å²) in [5.41, 5.74) is 1.83. The minimum atomic E-state index is -0.274. The van der Waals surface area contributed by atoms with Crippen LogP contribution in [0.3, 0.4) is 0 Å². The highest BCUT2D eigenvalue weighted by molar-refractivity contribution is 8.18. The largest absolute Gasteiger partial charge is 0.369 e. The maximum atomic E-state index is 14.5. The summed E-state index contributed by atoms with van der Waals surface area (Å²) in [7, 11) is 0. The molecule has 0 bridgehead atoms. The first-order valence-electron chi connectivity index (χ1n) is 8.79. The Morgan fingerprint density at radius 2 is 1.89 bits per heavy atom. The molecule has 2 aromatic carbocycles. The van der Waals surface area contributed by atoms with Crippen LogP contribution in [0.25, 0.3) is 6.08 Å². The summed E-state index contributed by atoms with van der Waals surface area (Å²) in [5.74, 6) is -0.544. The van der Waals surface area contributed by atoms with Crippen LogP contribution in [-0.4, -0.2) is 24.2 Å². The van der Waals surface area contributed by atoms with Gasteiger partial charge >= 0.3 is 0 Å². The molecular formula is C20H16Cl2FN3OS. The van der Waals surface area contributed by atoms with Crippen molar-refractivity contribution >= 4 is 63.5 Å². The summed E-state index contributed by atoms with van der Waals surface area (Å²) in [6.45, 7) is 1.76. The zero-order chi connectivity index (χ0) is 19.7. The second kappa shape index (κ2) is 8.15. The number of nitrogens with zero attached hydrogens (tertiary/aromatic N) is 2. The number of hydrogen-bond donors (Lipinski definition) is 1. The zero-order valence-corrected chi connectivity index (χ0v) is 17.0. The molecule has 0 atom stereocenters. The van der Waals surface area contributed by atoms with Crippen LogP contribution in [0, 0.1) is 5.82 Å². The molecule has 4 nitrogen and oxygen atoms in total. The standard InChI is InChI=1S/C20H16Cl2FN3OS/c21-14-5-4-13(11-15(14)22)24-20-25-19(27)18(28-20)10-12-3-6-17(16(23)9-12)26-7-1-2-8-26/h3-6,9-11H,1-2,7-8H2,(H,24,25,27)/b18-10-. The first-order chi connectivity index (χ1) is 13.5. The Labute approximate surface area is 176 Å². The number of carbonyl (C=O) groups is 1. The van der Waals surface area contributed by atoms with Gasteiger partial charge < -0.3 is 10.2 Å². The number of thioether (sulfide) groups is 1. The summed E-state index contributed by atoms with van der Waals surface area (Å²) in [6.07, 6.45) is 3.83. The molecule has 4 rings (SSSR count). The smallest absolute Gasteiger partial charge is 0.264 e. The van der Waals surface area contributed by atoms with Crippen molar-refractivity contribution in [2.45, 2.75) is 12.8 Å². The van der Waals surface area contributed by atoms with Gasteiger partial charge in [0.1, 0.15) is 5.82 Å². The van der Waals surface area contributed by atoms with Crippen LogP contribution in [0.5, 0.6) is 0 Å². The molecule has 2 aliphatic heterocycles. The van der Waals surface area contributed by atoms with Gasteiger partial charge in [0, 0.05) is 13.1 Å². The van der Waals surface area contributed by atoms with Crippen LogP contribution in [-0.2, 0) is 4.79 Å². The van der Waals surface area contributed by atoms with E-state index >= 15 is 0 Å². The van der Waals surface area contributed by atoms with Crippen molar-refractivity contribution in [1.82, 2.24) is 5.32 Å². The Kier molecular flexibility index (Phi) is 5.62. The number of carbonyl (C=O) groups excluding carboxylic acids is 1. The highest BCUT2D eigenvalue weighted by Gasteiger charge is 2.24. The predicted octanol–water partition coefficient (Wildman–Crippen LogP) is 5.62. The van der Waals surface area contributed by atoms with E-state index in [1.165, 1.54) is 17.8 Å². The molecule has 144 valence electrons. The predicted molar refractivity (Wildman–Crippen MR) is 115 cm³/mol. The topological polar surface area (TPSA) is 44.7 Å². The van der Waals surface area contributed by atoms with Gasteiger partial charge in [-0.3, -0.25) is 4.79 Å². The summed E-state index contributed by atoms with van der Waals surface area (Å²) < 4.78 is 14.5. The summed E-state index contributed by atoms with van der Waals surface area (Å²) in [6, 6.07) is 10.0. The number of aliphatic imine (C=N–C) groups is 1. The average Bonchev–Trinajstić information content (AvgIpc) is 3.29. The molecule has 28 heavy (non-hydrogen) atoms. The molecule has 2 heterocycles. The molecule has 1 N–H and O–H groups in total. The van der Waals surface area contributed by atoms with Gasteiger partial charge in [0.25, 0.3) is 5.91 Å². The third-order valence-corrected chi connectivity index (χ3v) is 6.15. The van der Waals surface area contributed by atoms with Crippen molar-refractivity contribution in [2.75, 3.05) is 18.0 Å². The number of amidine groups is 1. The van der Waals surface area contributed by atoms with Gasteiger partial charge in [0.2, 0.25) is 0 Å². The Balaban J connectivity index is 1.53. The fraction of sp³-hybridized carbons (Fsp3) is 0.200. The minimum Gasteiger partial charge on any atom is -0.369 e. The van der Waals surface area contributed by atoms with E-state index in [9.17, 15) is 9.18 Å². The van der Waals surface area contributed by atoms with Crippen LogP contribution < -0.4 is 10.2 Å². The van der Waals surface area contributed by atoms with E-state index in [1.54, 1.807) is 30.3 Å². The second-order valence-corrected chi connectivity index (χ2v) is 8.33. The Morgan fingerprint density at radius 3 is 2.61 bits per heavy atom. The highest BCUT2D eigenvalue weighted by atomic mass is 35.5. The van der Waals surface area contributed by atoms with E-state index in [1.807, 2.05) is 11.0 Å². The van der Waals surface area contributed by atoms with Crippen LogP contribution in [0.1, 0.15) is 18.4 Å². The van der Waals surface area contributed by atoms with Gasteiger partial charge in [-0.2, -0.15) is 0 Å². The fourth-order valence-corrected chi connectivity index (χ4v) is 4.27. The van der Waals surface area contributed by atoms with E-state index in [0.717, 1.165) is 25.9 Å². The van der Waals surface area contributed by atoms with Crippen molar-refractivity contribution in [3.8, 4) is 0 Å². The van der Waals surface area contributed by atoms with E-state index < -0.39 is 0 Å². The maximum absolute atomic E-state index is 14.5. The first-order valence-corrected chi connectivity index (χ1v) is 10.4. The van der Waals surface area contributed by atoms with Gasteiger partial charge in [-0.05, 0) is 66.6 Å². The molecule has 0 aromatic heterocycles. The molecular weight excluding hydrogens is 420 g/mol. The molecule has 2 saturated heterocycles. The van der Waals surface area contributed by atoms with E-state index in [4.69, 9.17) is 23.2 Å². The lowest BCUT2D eigenvalue weighted by Gasteiger charge is -2.18. The van der Waals surface area contributed by atoms with Crippen LogP contribution in [0.2, 0.25) is 10.0 Å². The number of nitrogens with one attached hydrogen (secondary N) is 1. The Hall–Kier alpha value is -2.02. The summed E-state index contributed by atoms with van der Waals surface area (Å²) in [4.78, 5) is 19.1. The fourth-order valence-electron chi connectivity index (χ4n) is 3.13. The van der Waals surface area contributed by atoms with E-state index in [0.29, 0.717) is 37.1 Å². The van der Waals surface area contributed by atoms with Crippen LogP contribution >= 0.6 is 35.0 Å². The Bertz CT molecular complexity index is 1000. The second-order valence-electron chi connectivity index (χ2n) is 6.49. The van der Waals surface area contributed by atoms with Crippen molar-refractivity contribution in [3.63, 3.8) is 0 Å². The number of anilines is 1. The molecule has 0 saturated carbocycles. The molecule has 8 heteroatoms. The molecule has 2 fully saturated rings. The molecule has 0 aliphatic carbocycles. The van der Waals surface area contributed by atoms with E-state index in [2.05, 4.69) is 10.3 Å². The lowest BCUT2D eigenvalue weighted by Crippen LogP contribution is -2.19. The normalized spacial score (nSPS) is 19.7. The average molecular weight is 436 g/mol. The Morgan fingerprint density at radius 1 is 1.11 bits per heavy atom. The van der Waals surface area contributed by atoms with E-state index in [-0.39, 0.29) is 11.7 Å². The zero-order valence-electron chi connectivity index (χ0n) is 14.7. The third-order valence-electron chi connectivity index (χ3n) is 4.50. The number of benzene rings is 2. The maximum Gasteiger partial charge on any atom is 0.264 e. The van der Waals surface area contributed by atoms with Crippen molar-refractivity contribution in [1.29, 1.82) is 0 Å². The van der Waals surface area contributed by atoms with Crippen LogP contribution in [0.4, 0.5) is 15.8 Å². The number of rotatable bonds is 3. The van der Waals surface area contributed by atoms with Gasteiger partial charge in [-0.1, -0.05) is 29.3 Å². The van der Waals surface area contributed by atoms with Gasteiger partial charge in [0.15, 0.2) is 5.17 Å².